The van der Waals surface area contributed by atoms with Crippen molar-refractivity contribution >= 4 is 16.8 Å². The van der Waals surface area contributed by atoms with Crippen molar-refractivity contribution in [1.29, 1.82) is 0 Å². The molecule has 0 bridgehead atoms. The van der Waals surface area contributed by atoms with Gasteiger partial charge < -0.3 is 15.4 Å². The fourth-order valence-electron chi connectivity index (χ4n) is 2.87. The van der Waals surface area contributed by atoms with E-state index < -0.39 is 0 Å². The molecule has 1 aliphatic carbocycles. The van der Waals surface area contributed by atoms with Gasteiger partial charge in [0.25, 0.3) is 0 Å². The first kappa shape index (κ1) is 13.2. The van der Waals surface area contributed by atoms with E-state index in [-0.39, 0.29) is 18.1 Å². The zero-order valence-corrected chi connectivity index (χ0v) is 11.5. The largest absolute Gasteiger partial charge is 0.394 e. The Morgan fingerprint density at radius 1 is 1.35 bits per heavy atom. The zero-order chi connectivity index (χ0) is 14.0. The van der Waals surface area contributed by atoms with Gasteiger partial charge in [-0.3, -0.25) is 4.79 Å². The molecule has 1 aliphatic rings. The number of fused-ring (bicyclic) bond motifs is 1. The molecule has 1 heterocycles. The molecule has 4 nitrogen and oxygen atoms in total. The molecular weight excluding hydrogens is 252 g/mol. The van der Waals surface area contributed by atoms with Crippen LogP contribution in [0.2, 0.25) is 0 Å². The highest BCUT2D eigenvalue weighted by Gasteiger charge is 2.37. The molecule has 20 heavy (non-hydrogen) atoms. The molecule has 0 atom stereocenters. The van der Waals surface area contributed by atoms with Gasteiger partial charge in [0.15, 0.2) is 0 Å². The SMILES string of the molecule is O=C(CCc1c[nH]c2ccccc12)NC1(CO)CCC1. The van der Waals surface area contributed by atoms with Crippen LogP contribution in [0, 0.1) is 0 Å². The molecular formula is C16H20N2O2. The monoisotopic (exact) mass is 272 g/mol. The Kier molecular flexibility index (Phi) is 3.49. The lowest BCUT2D eigenvalue weighted by atomic mass is 9.77. The van der Waals surface area contributed by atoms with Gasteiger partial charge in [0.2, 0.25) is 5.91 Å². The molecule has 106 valence electrons. The number of aryl methyl sites for hydroxylation is 1. The van der Waals surface area contributed by atoms with E-state index in [1.807, 2.05) is 24.4 Å². The number of benzene rings is 1. The number of aliphatic hydroxyl groups is 1. The highest BCUT2D eigenvalue weighted by Crippen LogP contribution is 2.31. The topological polar surface area (TPSA) is 65.1 Å². The lowest BCUT2D eigenvalue weighted by Crippen LogP contribution is -2.56. The summed E-state index contributed by atoms with van der Waals surface area (Å²) in [6.45, 7) is 0.0474. The highest BCUT2D eigenvalue weighted by molar-refractivity contribution is 5.84. The number of nitrogens with one attached hydrogen (secondary N) is 2. The van der Waals surface area contributed by atoms with E-state index in [4.69, 9.17) is 0 Å². The van der Waals surface area contributed by atoms with E-state index in [2.05, 4.69) is 16.4 Å². The summed E-state index contributed by atoms with van der Waals surface area (Å²) < 4.78 is 0. The summed E-state index contributed by atoms with van der Waals surface area (Å²) in [6, 6.07) is 8.11. The van der Waals surface area contributed by atoms with Crippen molar-refractivity contribution in [2.45, 2.75) is 37.6 Å². The Labute approximate surface area is 118 Å². The molecule has 0 aliphatic heterocycles. The van der Waals surface area contributed by atoms with Crippen molar-refractivity contribution in [3.05, 3.63) is 36.0 Å². The highest BCUT2D eigenvalue weighted by atomic mass is 16.3. The second kappa shape index (κ2) is 5.29. The summed E-state index contributed by atoms with van der Waals surface area (Å²) in [5.41, 5.74) is 1.94. The van der Waals surface area contributed by atoms with E-state index >= 15 is 0 Å². The van der Waals surface area contributed by atoms with Crippen LogP contribution in [-0.2, 0) is 11.2 Å². The fraction of sp³-hybridized carbons (Fsp3) is 0.438. The first-order valence-corrected chi connectivity index (χ1v) is 7.19. The maximum Gasteiger partial charge on any atom is 0.220 e. The van der Waals surface area contributed by atoms with Gasteiger partial charge in [0.05, 0.1) is 12.1 Å². The minimum absolute atomic E-state index is 0.0315. The number of aromatic amines is 1. The molecule has 0 saturated heterocycles. The molecule has 0 spiro atoms. The van der Waals surface area contributed by atoms with Crippen LogP contribution in [-0.4, -0.2) is 28.1 Å². The number of rotatable bonds is 5. The van der Waals surface area contributed by atoms with Crippen LogP contribution in [0.5, 0.6) is 0 Å². The van der Waals surface area contributed by atoms with Crippen LogP contribution in [0.4, 0.5) is 0 Å². The Bertz CT molecular complexity index is 608. The molecule has 1 fully saturated rings. The van der Waals surface area contributed by atoms with E-state index in [1.54, 1.807) is 0 Å². The van der Waals surface area contributed by atoms with Gasteiger partial charge in [-0.1, -0.05) is 18.2 Å². The quantitative estimate of drug-likeness (QED) is 0.780. The number of hydrogen-bond donors (Lipinski definition) is 3. The molecule has 3 rings (SSSR count). The third-order valence-electron chi connectivity index (χ3n) is 4.31. The Hall–Kier alpha value is -1.81. The third kappa shape index (κ3) is 2.43. The number of carbonyl (C=O) groups is 1. The molecule has 2 aromatic rings. The average molecular weight is 272 g/mol. The van der Waals surface area contributed by atoms with Crippen LogP contribution in [0.25, 0.3) is 10.9 Å². The summed E-state index contributed by atoms with van der Waals surface area (Å²) in [6.07, 6.45) is 6.03. The van der Waals surface area contributed by atoms with E-state index in [1.165, 1.54) is 10.9 Å². The lowest BCUT2D eigenvalue weighted by molar-refractivity contribution is -0.125. The molecule has 1 saturated carbocycles. The van der Waals surface area contributed by atoms with Gasteiger partial charge in [0, 0.05) is 23.5 Å². The summed E-state index contributed by atoms with van der Waals surface area (Å²) in [4.78, 5) is 15.2. The second-order valence-corrected chi connectivity index (χ2v) is 5.70. The van der Waals surface area contributed by atoms with Crippen molar-refractivity contribution in [2.75, 3.05) is 6.61 Å². The van der Waals surface area contributed by atoms with Gasteiger partial charge in [-0.15, -0.1) is 0 Å². The number of aromatic nitrogens is 1. The van der Waals surface area contributed by atoms with Crippen molar-refractivity contribution in [3.63, 3.8) is 0 Å². The van der Waals surface area contributed by atoms with E-state index in [9.17, 15) is 9.90 Å². The van der Waals surface area contributed by atoms with Crippen LogP contribution in [0.3, 0.4) is 0 Å². The smallest absolute Gasteiger partial charge is 0.220 e. The number of aliphatic hydroxyl groups excluding tert-OH is 1. The molecule has 1 amide bonds. The Morgan fingerprint density at radius 3 is 2.85 bits per heavy atom. The lowest BCUT2D eigenvalue weighted by Gasteiger charge is -2.41. The van der Waals surface area contributed by atoms with Gasteiger partial charge in [-0.05, 0) is 37.3 Å². The van der Waals surface area contributed by atoms with E-state index in [0.29, 0.717) is 6.42 Å². The normalized spacial score (nSPS) is 16.9. The van der Waals surface area contributed by atoms with Crippen LogP contribution < -0.4 is 5.32 Å². The summed E-state index contributed by atoms with van der Waals surface area (Å²) >= 11 is 0. The van der Waals surface area contributed by atoms with Crippen molar-refractivity contribution in [2.24, 2.45) is 0 Å². The van der Waals surface area contributed by atoms with Crippen molar-refractivity contribution < 1.29 is 9.90 Å². The third-order valence-corrected chi connectivity index (χ3v) is 4.31. The van der Waals surface area contributed by atoms with Crippen LogP contribution in [0.1, 0.15) is 31.2 Å². The van der Waals surface area contributed by atoms with Gasteiger partial charge in [0.1, 0.15) is 0 Å². The molecule has 0 radical (unpaired) electrons. The summed E-state index contributed by atoms with van der Waals surface area (Å²) in [5, 5.41) is 13.5. The molecule has 4 heteroatoms. The van der Waals surface area contributed by atoms with Gasteiger partial charge in [-0.2, -0.15) is 0 Å². The number of H-pyrrole nitrogens is 1. The molecule has 1 aromatic heterocycles. The number of carbonyl (C=O) groups excluding carboxylic acids is 1. The van der Waals surface area contributed by atoms with Gasteiger partial charge in [-0.25, -0.2) is 0 Å². The second-order valence-electron chi connectivity index (χ2n) is 5.70. The first-order chi connectivity index (χ1) is 9.72. The zero-order valence-electron chi connectivity index (χ0n) is 11.5. The minimum Gasteiger partial charge on any atom is -0.394 e. The van der Waals surface area contributed by atoms with E-state index in [0.717, 1.165) is 31.2 Å². The summed E-state index contributed by atoms with van der Waals surface area (Å²) in [5.74, 6) is 0.0315. The Morgan fingerprint density at radius 2 is 2.15 bits per heavy atom. The van der Waals surface area contributed by atoms with Crippen molar-refractivity contribution in [3.8, 4) is 0 Å². The maximum atomic E-state index is 12.0. The Balaban J connectivity index is 1.60. The number of para-hydroxylation sites is 1. The summed E-state index contributed by atoms with van der Waals surface area (Å²) in [7, 11) is 0. The van der Waals surface area contributed by atoms with Gasteiger partial charge >= 0.3 is 0 Å². The van der Waals surface area contributed by atoms with Crippen LogP contribution >= 0.6 is 0 Å². The molecule has 3 N–H and O–H groups in total. The maximum absolute atomic E-state index is 12.0. The molecule has 1 aromatic carbocycles. The minimum atomic E-state index is -0.336. The predicted molar refractivity (Wildman–Crippen MR) is 78.4 cm³/mol. The molecule has 0 unspecified atom stereocenters. The van der Waals surface area contributed by atoms with Crippen molar-refractivity contribution in [1.82, 2.24) is 10.3 Å². The predicted octanol–water partition coefficient (Wildman–Crippen LogP) is 2.13. The standard InChI is InChI=1S/C16H20N2O2/c19-11-16(8-3-9-16)18-15(20)7-6-12-10-17-14-5-2-1-4-13(12)14/h1-2,4-5,10,17,19H,3,6-9,11H2,(H,18,20). The number of amides is 1. The first-order valence-electron chi connectivity index (χ1n) is 7.19. The number of hydrogen-bond acceptors (Lipinski definition) is 2. The van der Waals surface area contributed by atoms with Crippen LogP contribution in [0.15, 0.2) is 30.5 Å². The average Bonchev–Trinajstić information content (AvgIpc) is 2.84. The fourth-order valence-corrected chi connectivity index (χ4v) is 2.87.